The molecule has 0 unspecified atom stereocenters. The Balaban J connectivity index is 3.45. The number of hydrogen-bond donors (Lipinski definition) is 0. The van der Waals surface area contributed by atoms with Gasteiger partial charge in [-0.2, -0.15) is 0 Å². The standard InChI is InChI=1S/C22H26/c1-7-13-18(9-3)20(11-5)17(6)21-16-12-15-19(10-4)22(21)14-8-2/h7-11,13-14,16H,3-6,12,15H2,1-2H3/b13-7-,14-8-,20-18+. The predicted octanol–water partition coefficient (Wildman–Crippen LogP) is 6.57. The van der Waals surface area contributed by atoms with Crippen molar-refractivity contribution in [3.05, 3.63) is 108 Å². The number of hydrogen-bond acceptors (Lipinski definition) is 0. The highest BCUT2D eigenvalue weighted by molar-refractivity contribution is 5.66. The Kier molecular flexibility index (Phi) is 7.12. The van der Waals surface area contributed by atoms with E-state index in [9.17, 15) is 0 Å². The lowest BCUT2D eigenvalue weighted by Crippen LogP contribution is -2.03. The molecule has 0 aromatic carbocycles. The largest absolute Gasteiger partial charge is 0.0988 e. The molecule has 114 valence electrons. The van der Waals surface area contributed by atoms with Gasteiger partial charge in [-0.15, -0.1) is 0 Å². The van der Waals surface area contributed by atoms with E-state index in [1.165, 1.54) is 11.1 Å². The highest BCUT2D eigenvalue weighted by Gasteiger charge is 2.17. The summed E-state index contributed by atoms with van der Waals surface area (Å²) < 4.78 is 0. The minimum absolute atomic E-state index is 0.982. The maximum Gasteiger partial charge on any atom is -0.0117 e. The Labute approximate surface area is 135 Å². The zero-order valence-electron chi connectivity index (χ0n) is 13.9. The first-order valence-corrected chi connectivity index (χ1v) is 7.64. The van der Waals surface area contributed by atoms with Crippen molar-refractivity contribution in [1.29, 1.82) is 0 Å². The molecule has 1 rings (SSSR count). The molecule has 1 aliphatic carbocycles. The second-order valence-electron chi connectivity index (χ2n) is 5.06. The van der Waals surface area contributed by atoms with Gasteiger partial charge in [0.05, 0.1) is 0 Å². The quantitative estimate of drug-likeness (QED) is 0.465. The molecule has 0 amide bonds. The van der Waals surface area contributed by atoms with E-state index in [0.717, 1.165) is 35.1 Å². The fourth-order valence-electron chi connectivity index (χ4n) is 2.66. The van der Waals surface area contributed by atoms with Crippen molar-refractivity contribution >= 4 is 0 Å². The van der Waals surface area contributed by atoms with Crippen LogP contribution in [-0.4, -0.2) is 0 Å². The van der Waals surface area contributed by atoms with Gasteiger partial charge in [0.15, 0.2) is 0 Å². The molecule has 0 saturated carbocycles. The maximum atomic E-state index is 4.32. The van der Waals surface area contributed by atoms with Crippen LogP contribution >= 0.6 is 0 Å². The van der Waals surface area contributed by atoms with Crippen molar-refractivity contribution in [2.45, 2.75) is 26.7 Å². The van der Waals surface area contributed by atoms with Gasteiger partial charge in [-0.05, 0) is 60.1 Å². The van der Waals surface area contributed by atoms with Crippen LogP contribution in [0.15, 0.2) is 108 Å². The molecule has 0 spiro atoms. The average molecular weight is 290 g/mol. The average Bonchev–Trinajstić information content (AvgIpc) is 2.54. The predicted molar refractivity (Wildman–Crippen MR) is 101 cm³/mol. The Morgan fingerprint density at radius 3 is 2.32 bits per heavy atom. The Morgan fingerprint density at radius 1 is 1.09 bits per heavy atom. The molecule has 0 aromatic heterocycles. The molecular weight excluding hydrogens is 264 g/mol. The van der Waals surface area contributed by atoms with Crippen LogP contribution in [0.2, 0.25) is 0 Å². The third-order valence-corrected chi connectivity index (χ3v) is 3.71. The van der Waals surface area contributed by atoms with E-state index in [4.69, 9.17) is 0 Å². The zero-order valence-corrected chi connectivity index (χ0v) is 13.9. The van der Waals surface area contributed by atoms with Gasteiger partial charge < -0.3 is 0 Å². The molecule has 22 heavy (non-hydrogen) atoms. The molecule has 0 nitrogen and oxygen atoms in total. The van der Waals surface area contributed by atoms with Crippen LogP contribution in [0, 0.1) is 0 Å². The fraction of sp³-hybridized carbons (Fsp3) is 0.182. The third kappa shape index (κ3) is 3.85. The van der Waals surface area contributed by atoms with E-state index in [1.807, 2.05) is 44.2 Å². The summed E-state index contributed by atoms with van der Waals surface area (Å²) in [6.07, 6.45) is 18.2. The highest BCUT2D eigenvalue weighted by Crippen LogP contribution is 2.35. The summed E-state index contributed by atoms with van der Waals surface area (Å²) in [5.41, 5.74) is 6.68. The molecule has 0 N–H and O–H groups in total. The Hall–Kier alpha value is -2.34. The minimum Gasteiger partial charge on any atom is -0.0988 e. The van der Waals surface area contributed by atoms with E-state index in [2.05, 4.69) is 44.5 Å². The first kappa shape index (κ1) is 17.7. The molecule has 0 aromatic rings. The molecule has 0 bridgehead atoms. The van der Waals surface area contributed by atoms with Gasteiger partial charge >= 0.3 is 0 Å². The molecule has 0 saturated heterocycles. The summed E-state index contributed by atoms with van der Waals surface area (Å²) in [4.78, 5) is 0. The van der Waals surface area contributed by atoms with E-state index < -0.39 is 0 Å². The molecule has 0 fully saturated rings. The van der Waals surface area contributed by atoms with Crippen LogP contribution in [0.5, 0.6) is 0 Å². The van der Waals surface area contributed by atoms with E-state index >= 15 is 0 Å². The van der Waals surface area contributed by atoms with Crippen LogP contribution in [-0.2, 0) is 0 Å². The van der Waals surface area contributed by atoms with Gasteiger partial charge in [-0.25, -0.2) is 0 Å². The van der Waals surface area contributed by atoms with Gasteiger partial charge in [-0.1, -0.05) is 74.9 Å². The summed E-state index contributed by atoms with van der Waals surface area (Å²) in [5.74, 6) is 0. The van der Waals surface area contributed by atoms with Crippen molar-refractivity contribution in [2.75, 3.05) is 0 Å². The lowest BCUT2D eigenvalue weighted by Gasteiger charge is -2.21. The topological polar surface area (TPSA) is 0 Å². The van der Waals surface area contributed by atoms with Gasteiger partial charge in [0.1, 0.15) is 0 Å². The minimum atomic E-state index is 0.982. The lowest BCUT2D eigenvalue weighted by molar-refractivity contribution is 0.962. The molecule has 1 aliphatic rings. The Bertz CT molecular complexity index is 625. The summed E-state index contributed by atoms with van der Waals surface area (Å²) in [6.45, 7) is 20.2. The first-order chi connectivity index (χ1) is 10.6. The van der Waals surface area contributed by atoms with Crippen molar-refractivity contribution < 1.29 is 0 Å². The second kappa shape index (κ2) is 8.84. The van der Waals surface area contributed by atoms with Crippen LogP contribution in [0.3, 0.4) is 0 Å². The summed E-state index contributed by atoms with van der Waals surface area (Å²) >= 11 is 0. The van der Waals surface area contributed by atoms with Gasteiger partial charge in [0.25, 0.3) is 0 Å². The summed E-state index contributed by atoms with van der Waals surface area (Å²) in [6, 6.07) is 0. The lowest BCUT2D eigenvalue weighted by atomic mass is 9.83. The van der Waals surface area contributed by atoms with Crippen molar-refractivity contribution in [1.82, 2.24) is 0 Å². The van der Waals surface area contributed by atoms with Crippen LogP contribution in [0.4, 0.5) is 0 Å². The van der Waals surface area contributed by atoms with Gasteiger partial charge in [-0.3, -0.25) is 0 Å². The van der Waals surface area contributed by atoms with Crippen LogP contribution in [0.25, 0.3) is 0 Å². The third-order valence-electron chi connectivity index (χ3n) is 3.71. The summed E-state index contributed by atoms with van der Waals surface area (Å²) in [7, 11) is 0. The van der Waals surface area contributed by atoms with E-state index in [1.54, 1.807) is 0 Å². The maximum absolute atomic E-state index is 4.32. The Morgan fingerprint density at radius 2 is 1.82 bits per heavy atom. The number of allylic oxidation sites excluding steroid dienone is 14. The van der Waals surface area contributed by atoms with Crippen molar-refractivity contribution in [3.8, 4) is 0 Å². The molecule has 0 heteroatoms. The van der Waals surface area contributed by atoms with E-state index in [-0.39, 0.29) is 0 Å². The van der Waals surface area contributed by atoms with Crippen molar-refractivity contribution in [3.63, 3.8) is 0 Å². The SMILES string of the molecule is C=CC1=C(/C=C\C)C(C(=C)/C(C=C)=C(C=C)/C=C\C)=CCC1. The van der Waals surface area contributed by atoms with Gasteiger partial charge in [0.2, 0.25) is 0 Å². The smallest absolute Gasteiger partial charge is 0.0117 e. The molecule has 0 atom stereocenters. The van der Waals surface area contributed by atoms with Crippen molar-refractivity contribution in [2.24, 2.45) is 0 Å². The normalized spacial score (nSPS) is 16.5. The first-order valence-electron chi connectivity index (χ1n) is 7.64. The highest BCUT2D eigenvalue weighted by atomic mass is 14.2. The fourth-order valence-corrected chi connectivity index (χ4v) is 2.66. The molecule has 0 heterocycles. The second-order valence-corrected chi connectivity index (χ2v) is 5.06. The zero-order chi connectivity index (χ0) is 16.5. The molecule has 0 aliphatic heterocycles. The van der Waals surface area contributed by atoms with E-state index in [0.29, 0.717) is 0 Å². The number of rotatable bonds is 7. The van der Waals surface area contributed by atoms with Crippen LogP contribution < -0.4 is 0 Å². The monoisotopic (exact) mass is 290 g/mol. The molecule has 0 radical (unpaired) electrons. The molecular formula is C22H26. The van der Waals surface area contributed by atoms with Gasteiger partial charge in [0, 0.05) is 0 Å². The summed E-state index contributed by atoms with van der Waals surface area (Å²) in [5, 5.41) is 0. The van der Waals surface area contributed by atoms with Crippen LogP contribution in [0.1, 0.15) is 26.7 Å².